The summed E-state index contributed by atoms with van der Waals surface area (Å²) in [6.07, 6.45) is 2.76. The van der Waals surface area contributed by atoms with E-state index in [2.05, 4.69) is 18.3 Å². The van der Waals surface area contributed by atoms with Crippen LogP contribution in [-0.2, 0) is 12.8 Å². The molecule has 1 aromatic carbocycles. The van der Waals surface area contributed by atoms with Gasteiger partial charge in [0.2, 0.25) is 0 Å². The second kappa shape index (κ2) is 7.14. The average Bonchev–Trinajstić information content (AvgIpc) is 2.96. The van der Waals surface area contributed by atoms with E-state index >= 15 is 0 Å². The monoisotopic (exact) mass is 371 g/mol. The summed E-state index contributed by atoms with van der Waals surface area (Å²) in [5.74, 6) is 0.157. The van der Waals surface area contributed by atoms with Gasteiger partial charge in [0, 0.05) is 16.5 Å². The number of nitro groups is 1. The molecule has 1 heterocycles. The molecule has 0 saturated heterocycles. The average molecular weight is 371 g/mol. The summed E-state index contributed by atoms with van der Waals surface area (Å²) in [7, 11) is 1.33. The molecule has 1 aromatic heterocycles. The molecule has 8 heteroatoms. The van der Waals surface area contributed by atoms with Crippen LogP contribution < -0.4 is 10.1 Å². The minimum absolute atomic E-state index is 0.0878. The zero-order chi connectivity index (χ0) is 18.8. The molecule has 7 nitrogen and oxygen atoms in total. The van der Waals surface area contributed by atoms with Crippen molar-refractivity contribution in [3.05, 3.63) is 49.9 Å². The van der Waals surface area contributed by atoms with Gasteiger partial charge in [-0.1, -0.05) is 6.92 Å². The van der Waals surface area contributed by atoms with E-state index in [1.54, 1.807) is 0 Å². The molecular weight excluding hydrogens is 354 g/mol. The first kappa shape index (κ1) is 17.9. The van der Waals surface area contributed by atoms with Crippen molar-refractivity contribution in [3.63, 3.8) is 0 Å². The second-order valence-corrected chi connectivity index (χ2v) is 7.37. The zero-order valence-corrected chi connectivity index (χ0v) is 15.2. The number of anilines is 1. The van der Waals surface area contributed by atoms with Gasteiger partial charge in [-0.25, -0.2) is 0 Å². The number of hydrogen-bond acceptors (Lipinski definition) is 6. The Labute approximate surface area is 154 Å². The van der Waals surface area contributed by atoms with Crippen LogP contribution >= 0.6 is 11.3 Å². The number of benzene rings is 1. The molecular formula is C18H17N3O4S. The van der Waals surface area contributed by atoms with Gasteiger partial charge in [0.1, 0.15) is 11.1 Å². The van der Waals surface area contributed by atoms with Crippen molar-refractivity contribution in [2.45, 2.75) is 26.2 Å². The predicted molar refractivity (Wildman–Crippen MR) is 97.8 cm³/mol. The van der Waals surface area contributed by atoms with Crippen LogP contribution in [0.2, 0.25) is 0 Å². The molecule has 2 aromatic rings. The molecule has 1 unspecified atom stereocenters. The maximum absolute atomic E-state index is 12.6. The van der Waals surface area contributed by atoms with Gasteiger partial charge in [-0.15, -0.1) is 11.3 Å². The Morgan fingerprint density at radius 3 is 2.92 bits per heavy atom. The molecule has 1 amide bonds. The zero-order valence-electron chi connectivity index (χ0n) is 14.4. The highest BCUT2D eigenvalue weighted by atomic mass is 32.1. The first-order chi connectivity index (χ1) is 12.4. The molecule has 0 aliphatic heterocycles. The largest absolute Gasteiger partial charge is 0.490 e. The lowest BCUT2D eigenvalue weighted by atomic mass is 9.88. The Hall–Kier alpha value is -2.92. The summed E-state index contributed by atoms with van der Waals surface area (Å²) in [5.41, 5.74) is 1.39. The van der Waals surface area contributed by atoms with Crippen LogP contribution in [0.25, 0.3) is 0 Å². The number of carbonyl (C=O) groups excluding carboxylic acids is 1. The summed E-state index contributed by atoms with van der Waals surface area (Å²) in [5, 5.41) is 23.9. The number of nitrogens with zero attached hydrogens (tertiary/aromatic N) is 2. The van der Waals surface area contributed by atoms with Gasteiger partial charge >= 0.3 is 5.69 Å². The van der Waals surface area contributed by atoms with Gasteiger partial charge in [0.05, 0.1) is 17.6 Å². The summed E-state index contributed by atoms with van der Waals surface area (Å²) in [4.78, 5) is 24.2. The van der Waals surface area contributed by atoms with Gasteiger partial charge in [-0.3, -0.25) is 14.9 Å². The molecule has 3 rings (SSSR count). The van der Waals surface area contributed by atoms with Gasteiger partial charge in [-0.05, 0) is 42.9 Å². The Bertz CT molecular complexity index is 929. The molecule has 0 spiro atoms. The van der Waals surface area contributed by atoms with Crippen molar-refractivity contribution < 1.29 is 14.5 Å². The standard InChI is InChI=1S/C18H17N3O4S/c1-10-3-5-12-13(9-19)18(26-16(12)7-10)20-17(22)11-4-6-15(25-2)14(8-11)21(23)24/h4,6,8,10H,3,5,7H2,1-2H3,(H,20,22). The fourth-order valence-corrected chi connectivity index (χ4v) is 4.46. The maximum Gasteiger partial charge on any atom is 0.311 e. The van der Waals surface area contributed by atoms with E-state index in [0.29, 0.717) is 16.5 Å². The second-order valence-electron chi connectivity index (χ2n) is 6.27. The summed E-state index contributed by atoms with van der Waals surface area (Å²) in [6.45, 7) is 2.17. The highest BCUT2D eigenvalue weighted by molar-refractivity contribution is 7.16. The molecule has 1 aliphatic carbocycles. The van der Waals surface area contributed by atoms with Gasteiger partial charge in [-0.2, -0.15) is 5.26 Å². The molecule has 26 heavy (non-hydrogen) atoms. The number of carbonyl (C=O) groups is 1. The van der Waals surface area contributed by atoms with Crippen LogP contribution in [0, 0.1) is 27.4 Å². The molecule has 0 fully saturated rings. The Morgan fingerprint density at radius 2 is 2.27 bits per heavy atom. The van der Waals surface area contributed by atoms with Crippen LogP contribution in [-0.4, -0.2) is 17.9 Å². The smallest absolute Gasteiger partial charge is 0.311 e. The number of thiophene rings is 1. The van der Waals surface area contributed by atoms with Crippen LogP contribution in [0.15, 0.2) is 18.2 Å². The highest BCUT2D eigenvalue weighted by Crippen LogP contribution is 2.39. The predicted octanol–water partition coefficient (Wildman–Crippen LogP) is 3.91. The number of amides is 1. The van der Waals surface area contributed by atoms with Crippen molar-refractivity contribution >= 4 is 27.9 Å². The molecule has 1 atom stereocenters. The minimum Gasteiger partial charge on any atom is -0.490 e. The third-order valence-electron chi connectivity index (χ3n) is 4.49. The Balaban J connectivity index is 1.91. The van der Waals surface area contributed by atoms with Gasteiger partial charge < -0.3 is 10.1 Å². The van der Waals surface area contributed by atoms with Crippen molar-refractivity contribution in [3.8, 4) is 11.8 Å². The Morgan fingerprint density at radius 1 is 1.50 bits per heavy atom. The third kappa shape index (κ3) is 3.26. The lowest BCUT2D eigenvalue weighted by molar-refractivity contribution is -0.385. The molecule has 0 radical (unpaired) electrons. The molecule has 0 bridgehead atoms. The number of nitro benzene ring substituents is 1. The molecule has 0 saturated carbocycles. The summed E-state index contributed by atoms with van der Waals surface area (Å²) in [6, 6.07) is 6.22. The van der Waals surface area contributed by atoms with E-state index in [1.165, 1.54) is 36.6 Å². The van der Waals surface area contributed by atoms with E-state index in [4.69, 9.17) is 4.74 Å². The summed E-state index contributed by atoms with van der Waals surface area (Å²) < 4.78 is 4.95. The van der Waals surface area contributed by atoms with Crippen LogP contribution in [0.4, 0.5) is 10.7 Å². The number of rotatable bonds is 4. The quantitative estimate of drug-likeness (QED) is 0.648. The SMILES string of the molecule is COc1ccc(C(=O)Nc2sc3c(c2C#N)CCC(C)C3)cc1[N+](=O)[O-]. The first-order valence-corrected chi connectivity index (χ1v) is 8.94. The third-order valence-corrected chi connectivity index (χ3v) is 5.66. The molecule has 1 aliphatic rings. The number of nitrogens with one attached hydrogen (secondary N) is 1. The van der Waals surface area contributed by atoms with Gasteiger partial charge in [0.15, 0.2) is 5.75 Å². The number of methoxy groups -OCH3 is 1. The van der Waals surface area contributed by atoms with Crippen LogP contribution in [0.3, 0.4) is 0 Å². The topological polar surface area (TPSA) is 105 Å². The van der Waals surface area contributed by atoms with E-state index in [1.807, 2.05) is 0 Å². The maximum atomic E-state index is 12.6. The van der Waals surface area contributed by atoms with Crippen molar-refractivity contribution in [1.82, 2.24) is 0 Å². The number of nitriles is 1. The van der Waals surface area contributed by atoms with E-state index in [0.717, 1.165) is 29.7 Å². The van der Waals surface area contributed by atoms with E-state index in [9.17, 15) is 20.2 Å². The van der Waals surface area contributed by atoms with E-state index in [-0.39, 0.29) is 17.0 Å². The van der Waals surface area contributed by atoms with Crippen LogP contribution in [0.1, 0.15) is 39.7 Å². The van der Waals surface area contributed by atoms with Crippen LogP contribution in [0.5, 0.6) is 5.75 Å². The number of fused-ring (bicyclic) bond motifs is 1. The number of ether oxygens (including phenoxy) is 1. The van der Waals surface area contributed by atoms with Gasteiger partial charge in [0.25, 0.3) is 5.91 Å². The molecule has 1 N–H and O–H groups in total. The Kier molecular flexibility index (Phi) is 4.91. The van der Waals surface area contributed by atoms with Crippen molar-refractivity contribution in [2.75, 3.05) is 12.4 Å². The fraction of sp³-hybridized carbons (Fsp3) is 0.333. The van der Waals surface area contributed by atoms with Crippen molar-refractivity contribution in [1.29, 1.82) is 5.26 Å². The van der Waals surface area contributed by atoms with Crippen molar-refractivity contribution in [2.24, 2.45) is 5.92 Å². The molecule has 134 valence electrons. The number of hydrogen-bond donors (Lipinski definition) is 1. The lowest BCUT2D eigenvalue weighted by Crippen LogP contribution is -2.12. The highest BCUT2D eigenvalue weighted by Gasteiger charge is 2.25. The minimum atomic E-state index is -0.596. The first-order valence-electron chi connectivity index (χ1n) is 8.13. The normalized spacial score (nSPS) is 15.7. The summed E-state index contributed by atoms with van der Waals surface area (Å²) >= 11 is 1.42. The fourth-order valence-electron chi connectivity index (χ4n) is 3.11. The van der Waals surface area contributed by atoms with E-state index < -0.39 is 10.8 Å². The lowest BCUT2D eigenvalue weighted by Gasteiger charge is -2.17.